The van der Waals surface area contributed by atoms with Gasteiger partial charge in [0.1, 0.15) is 6.10 Å². The summed E-state index contributed by atoms with van der Waals surface area (Å²) < 4.78 is 5.35. The van der Waals surface area contributed by atoms with E-state index >= 15 is 0 Å². The molecule has 0 saturated carbocycles. The minimum atomic E-state index is -0.229. The third kappa shape index (κ3) is 3.27. The van der Waals surface area contributed by atoms with Gasteiger partial charge in [-0.2, -0.15) is 0 Å². The van der Waals surface area contributed by atoms with E-state index in [1.165, 1.54) is 0 Å². The Morgan fingerprint density at radius 1 is 1.57 bits per heavy atom. The van der Waals surface area contributed by atoms with E-state index in [0.717, 1.165) is 19.3 Å². The fourth-order valence-electron chi connectivity index (χ4n) is 1.61. The molecule has 2 unspecified atom stereocenters. The molecule has 0 bridgehead atoms. The molecule has 2 atom stereocenters. The van der Waals surface area contributed by atoms with Gasteiger partial charge in [0.15, 0.2) is 0 Å². The van der Waals surface area contributed by atoms with E-state index < -0.39 is 0 Å². The molecule has 82 valence electrons. The average molecular weight is 200 g/mol. The second kappa shape index (κ2) is 5.98. The van der Waals surface area contributed by atoms with Crippen LogP contribution in [0.15, 0.2) is 0 Å². The molecule has 1 amide bonds. The number of carbonyl (C=O) groups is 1. The maximum absolute atomic E-state index is 11.6. The Labute approximate surface area is 85.2 Å². The first-order chi connectivity index (χ1) is 6.75. The Hall–Kier alpha value is -0.610. The number of nitrogens with one attached hydrogen (secondary N) is 1. The summed E-state index contributed by atoms with van der Waals surface area (Å²) in [4.78, 5) is 11.6. The van der Waals surface area contributed by atoms with Crippen molar-refractivity contribution in [2.45, 2.75) is 32.3 Å². The smallest absolute Gasteiger partial charge is 0.249 e. The van der Waals surface area contributed by atoms with Gasteiger partial charge >= 0.3 is 0 Å². The van der Waals surface area contributed by atoms with E-state index in [9.17, 15) is 4.79 Å². The normalized spacial score (nSPS) is 26.4. The number of hydrogen-bond donors (Lipinski definition) is 2. The highest BCUT2D eigenvalue weighted by Crippen LogP contribution is 2.19. The Morgan fingerprint density at radius 2 is 2.36 bits per heavy atom. The SMILES string of the molecule is CC1CCOC1C(=O)NCCCCN. The van der Waals surface area contributed by atoms with Crippen LogP contribution in [0.4, 0.5) is 0 Å². The molecule has 1 rings (SSSR count). The van der Waals surface area contributed by atoms with Gasteiger partial charge in [-0.3, -0.25) is 4.79 Å². The lowest BCUT2D eigenvalue weighted by Crippen LogP contribution is -2.37. The zero-order valence-electron chi connectivity index (χ0n) is 8.79. The van der Waals surface area contributed by atoms with Crippen LogP contribution in [0.5, 0.6) is 0 Å². The summed E-state index contributed by atoms with van der Waals surface area (Å²) >= 11 is 0. The third-order valence-electron chi connectivity index (χ3n) is 2.58. The number of ether oxygens (including phenoxy) is 1. The lowest BCUT2D eigenvalue weighted by molar-refractivity contribution is -0.131. The molecule has 0 aliphatic carbocycles. The van der Waals surface area contributed by atoms with Crippen LogP contribution in [0.2, 0.25) is 0 Å². The van der Waals surface area contributed by atoms with Crippen molar-refractivity contribution < 1.29 is 9.53 Å². The van der Waals surface area contributed by atoms with Gasteiger partial charge in [0.2, 0.25) is 5.91 Å². The van der Waals surface area contributed by atoms with Crippen LogP contribution in [0.3, 0.4) is 0 Å². The Balaban J connectivity index is 2.14. The molecule has 4 heteroatoms. The predicted molar refractivity (Wildman–Crippen MR) is 54.8 cm³/mol. The molecule has 1 heterocycles. The quantitative estimate of drug-likeness (QED) is 0.626. The third-order valence-corrected chi connectivity index (χ3v) is 2.58. The van der Waals surface area contributed by atoms with Crippen LogP contribution in [0.1, 0.15) is 26.2 Å². The summed E-state index contributed by atoms with van der Waals surface area (Å²) in [5.41, 5.74) is 5.35. The summed E-state index contributed by atoms with van der Waals surface area (Å²) in [6, 6.07) is 0. The number of nitrogens with two attached hydrogens (primary N) is 1. The van der Waals surface area contributed by atoms with Crippen LogP contribution in [-0.4, -0.2) is 31.7 Å². The van der Waals surface area contributed by atoms with Gasteiger partial charge in [0.25, 0.3) is 0 Å². The van der Waals surface area contributed by atoms with Crippen molar-refractivity contribution in [2.24, 2.45) is 11.7 Å². The van der Waals surface area contributed by atoms with Gasteiger partial charge in [-0.1, -0.05) is 6.92 Å². The molecule has 0 aromatic heterocycles. The topological polar surface area (TPSA) is 64.3 Å². The van der Waals surface area contributed by atoms with Crippen molar-refractivity contribution in [3.8, 4) is 0 Å². The van der Waals surface area contributed by atoms with Crippen molar-refractivity contribution in [1.82, 2.24) is 5.32 Å². The molecule has 4 nitrogen and oxygen atoms in total. The number of unbranched alkanes of at least 4 members (excludes halogenated alkanes) is 1. The van der Waals surface area contributed by atoms with Gasteiger partial charge < -0.3 is 15.8 Å². The van der Waals surface area contributed by atoms with Crippen molar-refractivity contribution in [1.29, 1.82) is 0 Å². The molecule has 1 aliphatic rings. The van der Waals surface area contributed by atoms with E-state index in [1.807, 2.05) is 0 Å². The Morgan fingerprint density at radius 3 is 2.93 bits per heavy atom. The van der Waals surface area contributed by atoms with Crippen LogP contribution < -0.4 is 11.1 Å². The van der Waals surface area contributed by atoms with Gasteiger partial charge in [-0.25, -0.2) is 0 Å². The monoisotopic (exact) mass is 200 g/mol. The molecule has 0 aromatic carbocycles. The second-order valence-corrected chi connectivity index (χ2v) is 3.84. The molecule has 1 aliphatic heterocycles. The fourth-order valence-corrected chi connectivity index (χ4v) is 1.61. The first-order valence-electron chi connectivity index (χ1n) is 5.35. The first kappa shape index (κ1) is 11.5. The minimum Gasteiger partial charge on any atom is -0.368 e. The average Bonchev–Trinajstić information content (AvgIpc) is 2.59. The number of carbonyl (C=O) groups excluding carboxylic acids is 1. The van der Waals surface area contributed by atoms with E-state index in [2.05, 4.69) is 12.2 Å². The van der Waals surface area contributed by atoms with Gasteiger partial charge in [-0.05, 0) is 31.7 Å². The molecule has 14 heavy (non-hydrogen) atoms. The lowest BCUT2D eigenvalue weighted by atomic mass is 10.0. The summed E-state index contributed by atoms with van der Waals surface area (Å²) in [6.07, 6.45) is 2.67. The molecule has 0 radical (unpaired) electrons. The van der Waals surface area contributed by atoms with E-state index in [0.29, 0.717) is 25.6 Å². The molecular weight excluding hydrogens is 180 g/mol. The Kier molecular flexibility index (Phi) is 4.90. The predicted octanol–water partition coefficient (Wildman–Crippen LogP) is 0.267. The summed E-state index contributed by atoms with van der Waals surface area (Å²) in [6.45, 7) is 4.16. The summed E-state index contributed by atoms with van der Waals surface area (Å²) in [5, 5.41) is 2.87. The maximum Gasteiger partial charge on any atom is 0.249 e. The second-order valence-electron chi connectivity index (χ2n) is 3.84. The van der Waals surface area contributed by atoms with E-state index in [-0.39, 0.29) is 12.0 Å². The summed E-state index contributed by atoms with van der Waals surface area (Å²) in [7, 11) is 0. The van der Waals surface area contributed by atoms with E-state index in [1.54, 1.807) is 0 Å². The zero-order chi connectivity index (χ0) is 10.4. The molecule has 3 N–H and O–H groups in total. The maximum atomic E-state index is 11.6. The molecule has 1 saturated heterocycles. The highest BCUT2D eigenvalue weighted by molar-refractivity contribution is 5.81. The van der Waals surface area contributed by atoms with Gasteiger partial charge in [-0.15, -0.1) is 0 Å². The standard InChI is InChI=1S/C10H20N2O2/c1-8-4-7-14-9(8)10(13)12-6-3-2-5-11/h8-9H,2-7,11H2,1H3,(H,12,13). The Bertz CT molecular complexity index is 185. The van der Waals surface area contributed by atoms with Crippen molar-refractivity contribution >= 4 is 5.91 Å². The van der Waals surface area contributed by atoms with Gasteiger partial charge in [0, 0.05) is 13.2 Å². The number of amides is 1. The minimum absolute atomic E-state index is 0.0343. The molecule has 1 fully saturated rings. The van der Waals surface area contributed by atoms with Crippen LogP contribution in [-0.2, 0) is 9.53 Å². The fraction of sp³-hybridized carbons (Fsp3) is 0.900. The van der Waals surface area contributed by atoms with Crippen molar-refractivity contribution in [3.05, 3.63) is 0 Å². The zero-order valence-corrected chi connectivity index (χ0v) is 8.79. The number of hydrogen-bond acceptors (Lipinski definition) is 3. The van der Waals surface area contributed by atoms with Crippen LogP contribution >= 0.6 is 0 Å². The molecule has 0 aromatic rings. The number of rotatable bonds is 5. The highest BCUT2D eigenvalue weighted by atomic mass is 16.5. The molecule has 0 spiro atoms. The molecular formula is C10H20N2O2. The lowest BCUT2D eigenvalue weighted by Gasteiger charge is -2.14. The van der Waals surface area contributed by atoms with Crippen molar-refractivity contribution in [3.63, 3.8) is 0 Å². The largest absolute Gasteiger partial charge is 0.368 e. The van der Waals surface area contributed by atoms with E-state index in [4.69, 9.17) is 10.5 Å². The summed E-state index contributed by atoms with van der Waals surface area (Å²) in [5.74, 6) is 0.386. The van der Waals surface area contributed by atoms with Gasteiger partial charge in [0.05, 0.1) is 0 Å². The van der Waals surface area contributed by atoms with Crippen LogP contribution in [0, 0.1) is 5.92 Å². The first-order valence-corrected chi connectivity index (χ1v) is 5.35. The van der Waals surface area contributed by atoms with Crippen molar-refractivity contribution in [2.75, 3.05) is 19.7 Å². The highest BCUT2D eigenvalue weighted by Gasteiger charge is 2.30. The van der Waals surface area contributed by atoms with Crippen LogP contribution in [0.25, 0.3) is 0 Å².